The number of carbonyl (C=O) groups excluding carboxylic acids is 1. The number of benzene rings is 3. The highest BCUT2D eigenvalue weighted by molar-refractivity contribution is 7.97. The minimum atomic E-state index is -5.01. The molecule has 0 amide bonds. The maximum Gasteiger partial charge on any atom is 0.575 e. The van der Waals surface area contributed by atoms with Crippen LogP contribution in [0.15, 0.2) is 99.6 Å². The van der Waals surface area contributed by atoms with Crippen molar-refractivity contribution in [1.29, 1.82) is 0 Å². The number of alkyl halides is 3. The first-order valence-corrected chi connectivity index (χ1v) is 9.51. The van der Waals surface area contributed by atoms with Crippen molar-refractivity contribution in [2.24, 2.45) is 0 Å². The first-order chi connectivity index (χ1) is 13.4. The number of esters is 1. The molecule has 0 aliphatic rings. The number of hydrogen-bond acceptors (Lipinski definition) is 3. The molecule has 0 aliphatic heterocycles. The van der Waals surface area contributed by atoms with Crippen LogP contribution in [0, 0.1) is 0 Å². The third-order valence-electron chi connectivity index (χ3n) is 3.60. The van der Waals surface area contributed by atoms with E-state index in [4.69, 9.17) is 4.74 Å². The van der Waals surface area contributed by atoms with Gasteiger partial charge in [-0.05, 0) is 48.5 Å². The predicted molar refractivity (Wildman–Crippen MR) is 99.1 cm³/mol. The summed E-state index contributed by atoms with van der Waals surface area (Å²) in [6.07, 6.45) is -5.01. The standard InChI is InChI=1S/C21H16F3O3S/c22-21(23,24)27-20(25)15-26-16-11-13-19(14-12-16)28(17-7-3-1-4-8-17)18-9-5-2-6-10-18/h1-14H,15H2/q+1. The molecule has 0 unspecified atom stereocenters. The topological polar surface area (TPSA) is 35.5 Å². The highest BCUT2D eigenvalue weighted by Crippen LogP contribution is 2.31. The molecule has 0 aliphatic carbocycles. The summed E-state index contributed by atoms with van der Waals surface area (Å²) in [5.41, 5.74) is 0. The summed E-state index contributed by atoms with van der Waals surface area (Å²) in [6, 6.07) is 26.9. The van der Waals surface area contributed by atoms with Gasteiger partial charge >= 0.3 is 12.3 Å². The van der Waals surface area contributed by atoms with E-state index in [9.17, 15) is 18.0 Å². The zero-order valence-electron chi connectivity index (χ0n) is 14.6. The minimum Gasteiger partial charge on any atom is -0.482 e. The molecule has 3 aromatic rings. The first-order valence-electron chi connectivity index (χ1n) is 8.28. The Bertz CT molecular complexity index is 858. The Kier molecular flexibility index (Phi) is 6.26. The molecular formula is C21H16F3O3S+. The van der Waals surface area contributed by atoms with Crippen LogP contribution in [0.5, 0.6) is 5.75 Å². The van der Waals surface area contributed by atoms with E-state index in [0.29, 0.717) is 0 Å². The van der Waals surface area contributed by atoms with E-state index in [0.717, 1.165) is 14.7 Å². The molecule has 0 radical (unpaired) electrons. The van der Waals surface area contributed by atoms with Crippen LogP contribution in [0.4, 0.5) is 13.2 Å². The van der Waals surface area contributed by atoms with Crippen LogP contribution >= 0.6 is 0 Å². The molecule has 3 nitrogen and oxygen atoms in total. The van der Waals surface area contributed by atoms with Gasteiger partial charge in [-0.15, -0.1) is 13.2 Å². The molecule has 0 fully saturated rings. The van der Waals surface area contributed by atoms with Crippen LogP contribution in [0.1, 0.15) is 0 Å². The van der Waals surface area contributed by atoms with Crippen LogP contribution in [0.2, 0.25) is 0 Å². The highest BCUT2D eigenvalue weighted by atomic mass is 32.2. The predicted octanol–water partition coefficient (Wildman–Crippen LogP) is 5.22. The summed E-state index contributed by atoms with van der Waals surface area (Å²) < 4.78 is 44.4. The lowest BCUT2D eigenvalue weighted by Gasteiger charge is -2.10. The fraction of sp³-hybridized carbons (Fsp3) is 0.0952. The van der Waals surface area contributed by atoms with E-state index in [2.05, 4.69) is 4.74 Å². The molecule has 0 N–H and O–H groups in total. The van der Waals surface area contributed by atoms with Gasteiger partial charge in [0.25, 0.3) is 0 Å². The quantitative estimate of drug-likeness (QED) is 0.416. The maximum atomic E-state index is 12.0. The molecular weight excluding hydrogens is 389 g/mol. The average Bonchev–Trinajstić information content (AvgIpc) is 2.68. The van der Waals surface area contributed by atoms with Gasteiger partial charge in [0.05, 0.1) is 10.9 Å². The molecule has 7 heteroatoms. The molecule has 0 saturated carbocycles. The van der Waals surface area contributed by atoms with Crippen LogP contribution in [0.3, 0.4) is 0 Å². The molecule has 0 bridgehead atoms. The summed E-state index contributed by atoms with van der Waals surface area (Å²) in [4.78, 5) is 14.4. The summed E-state index contributed by atoms with van der Waals surface area (Å²) in [7, 11) is -0.345. The third-order valence-corrected chi connectivity index (χ3v) is 5.83. The van der Waals surface area contributed by atoms with E-state index in [-0.39, 0.29) is 16.6 Å². The van der Waals surface area contributed by atoms with E-state index in [1.54, 1.807) is 12.1 Å². The van der Waals surface area contributed by atoms with Crippen LogP contribution in [-0.2, 0) is 20.4 Å². The van der Waals surface area contributed by atoms with Crippen molar-refractivity contribution in [1.82, 2.24) is 0 Å². The van der Waals surface area contributed by atoms with Gasteiger partial charge in [-0.3, -0.25) is 0 Å². The average molecular weight is 405 g/mol. The second-order valence-corrected chi connectivity index (χ2v) is 7.64. The lowest BCUT2D eigenvalue weighted by Crippen LogP contribution is -2.24. The first kappa shape index (κ1) is 19.8. The Hall–Kier alpha value is -2.93. The van der Waals surface area contributed by atoms with Crippen molar-refractivity contribution in [3.05, 3.63) is 84.9 Å². The lowest BCUT2D eigenvalue weighted by atomic mass is 10.3. The van der Waals surface area contributed by atoms with Gasteiger partial charge in [-0.2, -0.15) is 0 Å². The second kappa shape index (κ2) is 8.84. The van der Waals surface area contributed by atoms with Crippen molar-refractivity contribution in [3.8, 4) is 5.75 Å². The Morgan fingerprint density at radius 3 is 1.68 bits per heavy atom. The van der Waals surface area contributed by atoms with Gasteiger partial charge < -0.3 is 9.47 Å². The van der Waals surface area contributed by atoms with Gasteiger partial charge in [0.15, 0.2) is 21.3 Å². The number of halogens is 3. The Morgan fingerprint density at radius 2 is 1.21 bits per heavy atom. The summed E-state index contributed by atoms with van der Waals surface area (Å²) in [6.45, 7) is -0.818. The third kappa shape index (κ3) is 5.53. The summed E-state index contributed by atoms with van der Waals surface area (Å²) in [5.74, 6) is -1.21. The van der Waals surface area contributed by atoms with E-state index >= 15 is 0 Å². The Balaban J connectivity index is 1.77. The fourth-order valence-corrected chi connectivity index (χ4v) is 4.58. The molecule has 3 rings (SSSR count). The van der Waals surface area contributed by atoms with Gasteiger partial charge in [0.2, 0.25) is 0 Å². The van der Waals surface area contributed by atoms with Crippen molar-refractivity contribution >= 4 is 16.9 Å². The van der Waals surface area contributed by atoms with Crippen LogP contribution in [0.25, 0.3) is 0 Å². The Labute approximate surface area is 163 Å². The number of hydrogen-bond donors (Lipinski definition) is 0. The smallest absolute Gasteiger partial charge is 0.482 e. The minimum absolute atomic E-state index is 0.285. The monoisotopic (exact) mass is 405 g/mol. The van der Waals surface area contributed by atoms with Gasteiger partial charge in [0.1, 0.15) is 5.75 Å². The molecule has 144 valence electrons. The SMILES string of the molecule is O=C(COc1ccc([S+](c2ccccc2)c2ccccc2)cc1)OC(F)(F)F. The maximum absolute atomic E-state index is 12.0. The normalized spacial score (nSPS) is 11.3. The van der Waals surface area contributed by atoms with Crippen molar-refractivity contribution < 1.29 is 27.4 Å². The number of rotatable bonds is 6. The lowest BCUT2D eigenvalue weighted by molar-refractivity contribution is -0.306. The second-order valence-electron chi connectivity index (χ2n) is 5.61. The molecule has 0 spiro atoms. The molecule has 0 saturated heterocycles. The number of carbonyl (C=O) groups is 1. The Morgan fingerprint density at radius 1 is 0.750 bits per heavy atom. The van der Waals surface area contributed by atoms with E-state index in [1.165, 1.54) is 0 Å². The van der Waals surface area contributed by atoms with Crippen molar-refractivity contribution in [2.45, 2.75) is 21.0 Å². The largest absolute Gasteiger partial charge is 0.575 e. The zero-order chi connectivity index (χ0) is 20.0. The fourth-order valence-electron chi connectivity index (χ4n) is 2.49. The highest BCUT2D eigenvalue weighted by Gasteiger charge is 2.34. The summed E-state index contributed by atoms with van der Waals surface area (Å²) >= 11 is 0. The van der Waals surface area contributed by atoms with E-state index < -0.39 is 18.9 Å². The van der Waals surface area contributed by atoms with Gasteiger partial charge in [0, 0.05) is 0 Å². The molecule has 0 heterocycles. The zero-order valence-corrected chi connectivity index (χ0v) is 15.4. The molecule has 0 atom stereocenters. The number of ether oxygens (including phenoxy) is 2. The summed E-state index contributed by atoms with van der Waals surface area (Å²) in [5, 5.41) is 0. The van der Waals surface area contributed by atoms with Gasteiger partial charge in [-0.1, -0.05) is 36.4 Å². The van der Waals surface area contributed by atoms with Crippen molar-refractivity contribution in [2.75, 3.05) is 6.61 Å². The van der Waals surface area contributed by atoms with Gasteiger partial charge in [-0.25, -0.2) is 4.79 Å². The molecule has 3 aromatic carbocycles. The van der Waals surface area contributed by atoms with Crippen LogP contribution < -0.4 is 4.74 Å². The molecule has 28 heavy (non-hydrogen) atoms. The van der Waals surface area contributed by atoms with Crippen LogP contribution in [-0.4, -0.2) is 18.9 Å². The van der Waals surface area contributed by atoms with Crippen molar-refractivity contribution in [3.63, 3.8) is 0 Å². The molecule has 0 aromatic heterocycles. The van der Waals surface area contributed by atoms with E-state index in [1.807, 2.05) is 72.8 Å².